The van der Waals surface area contributed by atoms with Gasteiger partial charge in [0.15, 0.2) is 0 Å². The van der Waals surface area contributed by atoms with E-state index >= 15 is 0 Å². The Morgan fingerprint density at radius 1 is 1.04 bits per heavy atom. The zero-order valence-corrected chi connectivity index (χ0v) is 16.2. The summed E-state index contributed by atoms with van der Waals surface area (Å²) in [6.45, 7) is 4.47. The van der Waals surface area contributed by atoms with Gasteiger partial charge in [-0.3, -0.25) is 9.69 Å². The van der Waals surface area contributed by atoms with Gasteiger partial charge >= 0.3 is 5.97 Å². The standard InChI is InChI=1S/C22H35NO2/c1-14-7-6-9-17(23(14)3)11-12-19-18-10-5-4-8-16(18)13-20-21(19)15(2)25-22(20)24/h11-12,14-21H,4-10,13H2,1-3H3/b12-11-/t14-,15+,16-,17-,18-,19-,20-,21-/m1/s1. The van der Waals surface area contributed by atoms with E-state index in [9.17, 15) is 4.79 Å². The Kier molecular flexibility index (Phi) is 4.96. The smallest absolute Gasteiger partial charge is 0.309 e. The number of carbonyl (C=O) groups is 1. The molecule has 0 N–H and O–H groups in total. The summed E-state index contributed by atoms with van der Waals surface area (Å²) < 4.78 is 5.69. The van der Waals surface area contributed by atoms with Crippen LogP contribution in [-0.2, 0) is 9.53 Å². The van der Waals surface area contributed by atoms with E-state index in [-0.39, 0.29) is 18.0 Å². The predicted octanol–water partition coefficient (Wildman–Crippen LogP) is 4.42. The number of ether oxygens (including phenoxy) is 1. The first-order valence-electron chi connectivity index (χ1n) is 10.7. The molecule has 0 radical (unpaired) electrons. The highest BCUT2D eigenvalue weighted by Gasteiger charge is 2.53. The van der Waals surface area contributed by atoms with Crippen LogP contribution in [-0.4, -0.2) is 36.1 Å². The van der Waals surface area contributed by atoms with E-state index in [0.717, 1.165) is 18.3 Å². The largest absolute Gasteiger partial charge is 0.462 e. The maximum absolute atomic E-state index is 12.4. The molecule has 4 fully saturated rings. The lowest BCUT2D eigenvalue weighted by atomic mass is 9.57. The Morgan fingerprint density at radius 2 is 1.84 bits per heavy atom. The first kappa shape index (κ1) is 17.6. The maximum Gasteiger partial charge on any atom is 0.309 e. The van der Waals surface area contributed by atoms with Crippen LogP contribution in [0.3, 0.4) is 0 Å². The van der Waals surface area contributed by atoms with E-state index in [0.29, 0.717) is 23.9 Å². The van der Waals surface area contributed by atoms with Crippen molar-refractivity contribution in [1.29, 1.82) is 0 Å². The van der Waals surface area contributed by atoms with Crippen molar-refractivity contribution < 1.29 is 9.53 Å². The molecule has 25 heavy (non-hydrogen) atoms. The Hall–Kier alpha value is -0.830. The first-order valence-corrected chi connectivity index (χ1v) is 10.7. The molecule has 0 spiro atoms. The molecule has 4 rings (SSSR count). The molecule has 140 valence electrons. The molecule has 2 aliphatic carbocycles. The Morgan fingerprint density at radius 3 is 2.68 bits per heavy atom. The van der Waals surface area contributed by atoms with Crippen LogP contribution in [0.15, 0.2) is 12.2 Å². The van der Waals surface area contributed by atoms with Gasteiger partial charge in [-0.2, -0.15) is 0 Å². The second-order valence-electron chi connectivity index (χ2n) is 9.24. The Bertz CT molecular complexity index is 530. The number of carbonyl (C=O) groups excluding carboxylic acids is 1. The zero-order chi connectivity index (χ0) is 17.6. The molecule has 4 aliphatic rings. The van der Waals surface area contributed by atoms with Gasteiger partial charge in [-0.15, -0.1) is 0 Å². The highest BCUT2D eigenvalue weighted by atomic mass is 16.6. The number of hydrogen-bond donors (Lipinski definition) is 0. The summed E-state index contributed by atoms with van der Waals surface area (Å²) in [5, 5.41) is 0. The molecule has 2 saturated heterocycles. The fourth-order valence-corrected chi connectivity index (χ4v) is 6.43. The van der Waals surface area contributed by atoms with Gasteiger partial charge in [0.05, 0.1) is 5.92 Å². The normalized spacial score (nSPS) is 48.2. The van der Waals surface area contributed by atoms with Crippen molar-refractivity contribution in [3.63, 3.8) is 0 Å². The first-order chi connectivity index (χ1) is 12.1. The highest BCUT2D eigenvalue weighted by molar-refractivity contribution is 5.75. The summed E-state index contributed by atoms with van der Waals surface area (Å²) in [6.07, 6.45) is 15.5. The van der Waals surface area contributed by atoms with Crippen LogP contribution in [0.25, 0.3) is 0 Å². The molecule has 0 amide bonds. The quantitative estimate of drug-likeness (QED) is 0.548. The van der Waals surface area contributed by atoms with Crippen molar-refractivity contribution in [2.45, 2.75) is 83.4 Å². The van der Waals surface area contributed by atoms with Crippen molar-refractivity contribution in [1.82, 2.24) is 4.90 Å². The lowest BCUT2D eigenvalue weighted by molar-refractivity contribution is -0.144. The second kappa shape index (κ2) is 7.06. The minimum atomic E-state index is 0.0864. The number of rotatable bonds is 2. The summed E-state index contributed by atoms with van der Waals surface area (Å²) in [6, 6.07) is 1.25. The number of likely N-dealkylation sites (tertiary alicyclic amines) is 1. The predicted molar refractivity (Wildman–Crippen MR) is 100 cm³/mol. The minimum Gasteiger partial charge on any atom is -0.462 e. The van der Waals surface area contributed by atoms with E-state index in [1.54, 1.807) is 0 Å². The molecule has 0 aromatic heterocycles. The van der Waals surface area contributed by atoms with Gasteiger partial charge < -0.3 is 4.74 Å². The van der Waals surface area contributed by atoms with E-state index in [1.165, 1.54) is 44.9 Å². The van der Waals surface area contributed by atoms with Crippen LogP contribution in [0.4, 0.5) is 0 Å². The lowest BCUT2D eigenvalue weighted by Crippen LogP contribution is -2.44. The van der Waals surface area contributed by atoms with Crippen LogP contribution < -0.4 is 0 Å². The molecule has 0 unspecified atom stereocenters. The van der Waals surface area contributed by atoms with Gasteiger partial charge in [-0.05, 0) is 64.3 Å². The van der Waals surface area contributed by atoms with Crippen LogP contribution in [0.2, 0.25) is 0 Å². The van der Waals surface area contributed by atoms with Crippen LogP contribution >= 0.6 is 0 Å². The maximum atomic E-state index is 12.4. The van der Waals surface area contributed by atoms with Crippen LogP contribution in [0.1, 0.15) is 65.2 Å². The Labute approximate surface area is 153 Å². The van der Waals surface area contributed by atoms with Crippen LogP contribution in [0.5, 0.6) is 0 Å². The Balaban J connectivity index is 1.57. The molecular formula is C22H35NO2. The topological polar surface area (TPSA) is 29.5 Å². The van der Waals surface area contributed by atoms with E-state index in [1.807, 2.05) is 0 Å². The number of fused-ring (bicyclic) bond motifs is 2. The van der Waals surface area contributed by atoms with Crippen molar-refractivity contribution in [2.24, 2.45) is 29.6 Å². The number of cyclic esters (lactones) is 1. The summed E-state index contributed by atoms with van der Waals surface area (Å²) in [5.41, 5.74) is 0. The van der Waals surface area contributed by atoms with Crippen molar-refractivity contribution in [3.05, 3.63) is 12.2 Å². The van der Waals surface area contributed by atoms with E-state index < -0.39 is 0 Å². The van der Waals surface area contributed by atoms with Crippen LogP contribution in [0, 0.1) is 29.6 Å². The molecule has 2 aliphatic heterocycles. The highest BCUT2D eigenvalue weighted by Crippen LogP contribution is 2.53. The summed E-state index contributed by atoms with van der Waals surface area (Å²) in [5.74, 6) is 2.71. The van der Waals surface area contributed by atoms with E-state index in [2.05, 4.69) is 37.9 Å². The average molecular weight is 346 g/mol. The molecule has 0 bridgehead atoms. The number of likely N-dealkylation sites (N-methyl/N-ethyl adjacent to an activating group) is 1. The number of allylic oxidation sites excluding steroid dienone is 1. The number of piperidine rings is 1. The molecule has 0 aromatic rings. The molecular weight excluding hydrogens is 310 g/mol. The molecule has 3 heteroatoms. The molecule has 0 aromatic carbocycles. The number of esters is 1. The van der Waals surface area contributed by atoms with E-state index in [4.69, 9.17) is 4.74 Å². The summed E-state index contributed by atoms with van der Waals surface area (Å²) in [4.78, 5) is 14.9. The van der Waals surface area contributed by atoms with Crippen molar-refractivity contribution in [2.75, 3.05) is 7.05 Å². The minimum absolute atomic E-state index is 0.0864. The summed E-state index contributed by atoms with van der Waals surface area (Å²) in [7, 11) is 2.27. The third-order valence-electron chi connectivity index (χ3n) is 7.97. The molecule has 2 saturated carbocycles. The van der Waals surface area contributed by atoms with Crippen molar-refractivity contribution >= 4 is 5.97 Å². The third kappa shape index (κ3) is 3.18. The van der Waals surface area contributed by atoms with Gasteiger partial charge in [-0.25, -0.2) is 0 Å². The average Bonchev–Trinajstić information content (AvgIpc) is 2.89. The fourth-order valence-electron chi connectivity index (χ4n) is 6.43. The lowest BCUT2D eigenvalue weighted by Gasteiger charge is -2.46. The number of hydrogen-bond acceptors (Lipinski definition) is 3. The van der Waals surface area contributed by atoms with Gasteiger partial charge in [0.1, 0.15) is 6.10 Å². The van der Waals surface area contributed by atoms with Gasteiger partial charge in [-0.1, -0.05) is 37.8 Å². The molecule has 3 nitrogen and oxygen atoms in total. The SMILES string of the molecule is C[C@@H]1OC(=O)[C@@H]2C[C@H]3CCCC[C@H]3[C@@H](/C=C\[C@H]3CCC[C@@H](C)N3C)[C@@H]12. The second-order valence-corrected chi connectivity index (χ2v) is 9.24. The number of nitrogens with zero attached hydrogens (tertiary/aromatic N) is 1. The van der Waals surface area contributed by atoms with Gasteiger partial charge in [0.2, 0.25) is 0 Å². The summed E-state index contributed by atoms with van der Waals surface area (Å²) >= 11 is 0. The van der Waals surface area contributed by atoms with Gasteiger partial charge in [0, 0.05) is 18.0 Å². The zero-order valence-electron chi connectivity index (χ0n) is 16.2. The third-order valence-corrected chi connectivity index (χ3v) is 7.97. The van der Waals surface area contributed by atoms with Gasteiger partial charge in [0.25, 0.3) is 0 Å². The molecule has 2 heterocycles. The molecule has 8 atom stereocenters. The van der Waals surface area contributed by atoms with Crippen molar-refractivity contribution in [3.8, 4) is 0 Å². The fraction of sp³-hybridized carbons (Fsp3) is 0.864. The monoisotopic (exact) mass is 345 g/mol.